The van der Waals surface area contributed by atoms with Crippen LogP contribution in [0.1, 0.15) is 10.4 Å². The zero-order valence-corrected chi connectivity index (χ0v) is 8.18. The van der Waals surface area contributed by atoms with E-state index in [0.717, 1.165) is 4.47 Å². The Hall–Kier alpha value is -1.03. The van der Waals surface area contributed by atoms with Crippen molar-refractivity contribution >= 4 is 27.5 Å². The molecule has 0 saturated carbocycles. The van der Waals surface area contributed by atoms with Crippen LogP contribution in [0.5, 0.6) is 0 Å². The number of amides is 1. The summed E-state index contributed by atoms with van der Waals surface area (Å²) in [5.74, 6) is -0.136. The van der Waals surface area contributed by atoms with E-state index in [1.54, 1.807) is 25.2 Å². The van der Waals surface area contributed by atoms with Crippen LogP contribution in [-0.4, -0.2) is 13.0 Å². The van der Waals surface area contributed by atoms with E-state index in [2.05, 4.69) is 21.2 Å². The van der Waals surface area contributed by atoms with Gasteiger partial charge in [-0.05, 0) is 18.2 Å². The van der Waals surface area contributed by atoms with Crippen molar-refractivity contribution in [3.8, 4) is 0 Å². The fourth-order valence-electron chi connectivity index (χ4n) is 0.888. The van der Waals surface area contributed by atoms with Crippen molar-refractivity contribution in [1.29, 1.82) is 0 Å². The number of anilines is 1. The second-order valence-corrected chi connectivity index (χ2v) is 3.27. The molecule has 1 aromatic rings. The summed E-state index contributed by atoms with van der Waals surface area (Å²) in [6, 6.07) is 5.09. The number of nitrogen functional groups attached to an aromatic ring is 1. The maximum atomic E-state index is 11.1. The maximum Gasteiger partial charge on any atom is 0.251 e. The molecule has 0 fully saturated rings. The lowest BCUT2D eigenvalue weighted by Gasteiger charge is -2.01. The van der Waals surface area contributed by atoms with Crippen LogP contribution in [-0.2, 0) is 0 Å². The quantitative estimate of drug-likeness (QED) is 0.715. The van der Waals surface area contributed by atoms with Gasteiger partial charge in [0.2, 0.25) is 0 Å². The zero-order valence-electron chi connectivity index (χ0n) is 6.60. The minimum atomic E-state index is -0.136. The average molecular weight is 229 g/mol. The normalized spacial score (nSPS) is 9.50. The standard InChI is InChI=1S/C8H9BrN2O/c1-11-8(12)5-2-6(9)4-7(10)3-5/h2-4H,10H2,1H3,(H,11,12). The predicted octanol–water partition coefficient (Wildman–Crippen LogP) is 1.39. The van der Waals surface area contributed by atoms with Crippen LogP contribution in [0.25, 0.3) is 0 Å². The first-order valence-corrected chi connectivity index (χ1v) is 4.21. The Morgan fingerprint density at radius 1 is 1.50 bits per heavy atom. The van der Waals surface area contributed by atoms with Crippen LogP contribution in [0, 0.1) is 0 Å². The highest BCUT2D eigenvalue weighted by atomic mass is 79.9. The Labute approximate surface area is 79.1 Å². The van der Waals surface area contributed by atoms with E-state index in [4.69, 9.17) is 5.73 Å². The van der Waals surface area contributed by atoms with E-state index in [9.17, 15) is 4.79 Å². The molecule has 0 unspecified atom stereocenters. The molecule has 3 nitrogen and oxygen atoms in total. The highest BCUT2D eigenvalue weighted by Gasteiger charge is 2.03. The molecular formula is C8H9BrN2O. The first-order valence-electron chi connectivity index (χ1n) is 3.41. The van der Waals surface area contributed by atoms with Crippen LogP contribution in [0.2, 0.25) is 0 Å². The summed E-state index contributed by atoms with van der Waals surface area (Å²) in [4.78, 5) is 11.1. The summed E-state index contributed by atoms with van der Waals surface area (Å²) in [7, 11) is 1.58. The fraction of sp³-hybridized carbons (Fsp3) is 0.125. The highest BCUT2D eigenvalue weighted by Crippen LogP contribution is 2.16. The van der Waals surface area contributed by atoms with Gasteiger partial charge in [-0.25, -0.2) is 0 Å². The second kappa shape index (κ2) is 3.58. The Morgan fingerprint density at radius 3 is 2.67 bits per heavy atom. The van der Waals surface area contributed by atoms with Gasteiger partial charge in [-0.2, -0.15) is 0 Å². The van der Waals surface area contributed by atoms with Crippen LogP contribution in [0.4, 0.5) is 5.69 Å². The Balaban J connectivity index is 3.08. The topological polar surface area (TPSA) is 55.1 Å². The van der Waals surface area contributed by atoms with Crippen LogP contribution >= 0.6 is 15.9 Å². The van der Waals surface area contributed by atoms with Gasteiger partial charge >= 0.3 is 0 Å². The summed E-state index contributed by atoms with van der Waals surface area (Å²) in [6.07, 6.45) is 0. The molecule has 0 radical (unpaired) electrons. The third kappa shape index (κ3) is 1.98. The lowest BCUT2D eigenvalue weighted by Crippen LogP contribution is -2.17. The maximum absolute atomic E-state index is 11.1. The summed E-state index contributed by atoms with van der Waals surface area (Å²) in [5, 5.41) is 2.52. The molecular weight excluding hydrogens is 220 g/mol. The van der Waals surface area contributed by atoms with Gasteiger partial charge in [0, 0.05) is 22.8 Å². The lowest BCUT2D eigenvalue weighted by molar-refractivity contribution is 0.0963. The number of rotatable bonds is 1. The van der Waals surface area contributed by atoms with E-state index < -0.39 is 0 Å². The molecule has 1 amide bonds. The highest BCUT2D eigenvalue weighted by molar-refractivity contribution is 9.10. The van der Waals surface area contributed by atoms with Crippen molar-refractivity contribution in [3.05, 3.63) is 28.2 Å². The molecule has 0 aromatic heterocycles. The van der Waals surface area contributed by atoms with E-state index >= 15 is 0 Å². The van der Waals surface area contributed by atoms with Gasteiger partial charge in [-0.15, -0.1) is 0 Å². The summed E-state index contributed by atoms with van der Waals surface area (Å²) < 4.78 is 0.807. The summed E-state index contributed by atoms with van der Waals surface area (Å²) in [6.45, 7) is 0. The van der Waals surface area contributed by atoms with Crippen LogP contribution in [0.3, 0.4) is 0 Å². The molecule has 0 aliphatic rings. The fourth-order valence-corrected chi connectivity index (χ4v) is 1.40. The third-order valence-corrected chi connectivity index (χ3v) is 1.87. The zero-order chi connectivity index (χ0) is 9.14. The predicted molar refractivity (Wildman–Crippen MR) is 51.9 cm³/mol. The molecule has 0 aliphatic carbocycles. The van der Waals surface area contributed by atoms with E-state index in [-0.39, 0.29) is 5.91 Å². The molecule has 0 spiro atoms. The summed E-state index contributed by atoms with van der Waals surface area (Å²) in [5.41, 5.74) is 6.67. The smallest absolute Gasteiger partial charge is 0.251 e. The van der Waals surface area contributed by atoms with E-state index in [0.29, 0.717) is 11.3 Å². The summed E-state index contributed by atoms with van der Waals surface area (Å²) >= 11 is 3.25. The largest absolute Gasteiger partial charge is 0.399 e. The Kier molecular flexibility index (Phi) is 2.70. The van der Waals surface area contributed by atoms with Crippen LogP contribution < -0.4 is 11.1 Å². The molecule has 0 atom stereocenters. The minimum absolute atomic E-state index is 0.136. The molecule has 1 aromatic carbocycles. The van der Waals surface area contributed by atoms with Crippen molar-refractivity contribution in [2.45, 2.75) is 0 Å². The van der Waals surface area contributed by atoms with Gasteiger partial charge < -0.3 is 11.1 Å². The number of halogens is 1. The molecule has 0 heterocycles. The average Bonchev–Trinajstić information content (AvgIpc) is 2.01. The first-order chi connectivity index (χ1) is 5.63. The SMILES string of the molecule is CNC(=O)c1cc(N)cc(Br)c1. The molecule has 0 bridgehead atoms. The Morgan fingerprint density at radius 2 is 2.17 bits per heavy atom. The number of carbonyl (C=O) groups is 1. The van der Waals surface area contributed by atoms with Gasteiger partial charge in [-0.3, -0.25) is 4.79 Å². The van der Waals surface area contributed by atoms with Gasteiger partial charge in [0.05, 0.1) is 0 Å². The van der Waals surface area contributed by atoms with Gasteiger partial charge in [-0.1, -0.05) is 15.9 Å². The molecule has 0 aliphatic heterocycles. The number of nitrogens with two attached hydrogens (primary N) is 1. The third-order valence-electron chi connectivity index (χ3n) is 1.41. The Bertz CT molecular complexity index is 292. The number of hydrogen-bond donors (Lipinski definition) is 2. The number of nitrogens with one attached hydrogen (secondary N) is 1. The molecule has 3 N–H and O–H groups in total. The van der Waals surface area contributed by atoms with Gasteiger partial charge in [0.25, 0.3) is 5.91 Å². The molecule has 12 heavy (non-hydrogen) atoms. The molecule has 1 rings (SSSR count). The van der Waals surface area contributed by atoms with Crippen LogP contribution in [0.15, 0.2) is 22.7 Å². The van der Waals surface area contributed by atoms with Gasteiger partial charge in [0.15, 0.2) is 0 Å². The van der Waals surface area contributed by atoms with E-state index in [1.807, 2.05) is 0 Å². The number of benzene rings is 1. The first kappa shape index (κ1) is 9.06. The van der Waals surface area contributed by atoms with Crippen molar-refractivity contribution in [3.63, 3.8) is 0 Å². The van der Waals surface area contributed by atoms with Crippen molar-refractivity contribution in [2.24, 2.45) is 0 Å². The van der Waals surface area contributed by atoms with Gasteiger partial charge in [0.1, 0.15) is 0 Å². The monoisotopic (exact) mass is 228 g/mol. The number of hydrogen-bond acceptors (Lipinski definition) is 2. The minimum Gasteiger partial charge on any atom is -0.399 e. The lowest BCUT2D eigenvalue weighted by atomic mass is 10.2. The van der Waals surface area contributed by atoms with Crippen molar-refractivity contribution in [1.82, 2.24) is 5.32 Å². The van der Waals surface area contributed by atoms with E-state index in [1.165, 1.54) is 0 Å². The number of carbonyl (C=O) groups excluding carboxylic acids is 1. The molecule has 64 valence electrons. The van der Waals surface area contributed by atoms with Crippen molar-refractivity contribution in [2.75, 3.05) is 12.8 Å². The molecule has 4 heteroatoms. The second-order valence-electron chi connectivity index (χ2n) is 2.35. The van der Waals surface area contributed by atoms with Crippen molar-refractivity contribution < 1.29 is 4.79 Å². The molecule has 0 saturated heterocycles.